The fourth-order valence-corrected chi connectivity index (χ4v) is 1.36. The molecule has 1 atom stereocenters. The van der Waals surface area contributed by atoms with Gasteiger partial charge in [-0.1, -0.05) is 23.2 Å². The molecule has 2 nitrogen and oxygen atoms in total. The van der Waals surface area contributed by atoms with Crippen molar-refractivity contribution in [2.45, 2.75) is 19.4 Å². The molecule has 1 heterocycles. The summed E-state index contributed by atoms with van der Waals surface area (Å²) in [6, 6.07) is 1.74. The maximum Gasteiger partial charge on any atom is 0.0636 e. The van der Waals surface area contributed by atoms with Crippen LogP contribution in [0.2, 0.25) is 10.0 Å². The molecular weight excluding hydrogens is 195 g/mol. The smallest absolute Gasteiger partial charge is 0.0636 e. The summed E-state index contributed by atoms with van der Waals surface area (Å²) in [6.07, 6.45) is 2.25. The lowest BCUT2D eigenvalue weighted by molar-refractivity contribution is 0.722. The van der Waals surface area contributed by atoms with Gasteiger partial charge in [0.2, 0.25) is 0 Å². The Morgan fingerprint density at radius 3 is 2.75 bits per heavy atom. The van der Waals surface area contributed by atoms with Crippen molar-refractivity contribution >= 4 is 23.2 Å². The van der Waals surface area contributed by atoms with Gasteiger partial charge in [-0.2, -0.15) is 0 Å². The van der Waals surface area contributed by atoms with Crippen molar-refractivity contribution in [3.05, 3.63) is 28.0 Å². The third-order valence-electron chi connectivity index (χ3n) is 1.40. The summed E-state index contributed by atoms with van der Waals surface area (Å²) in [7, 11) is 0. The molecule has 0 amide bonds. The van der Waals surface area contributed by atoms with Gasteiger partial charge in [0.25, 0.3) is 0 Å². The van der Waals surface area contributed by atoms with E-state index in [9.17, 15) is 0 Å². The molecular formula is C8H10Cl2N2. The lowest BCUT2D eigenvalue weighted by atomic mass is 10.2. The molecule has 0 spiro atoms. The second-order valence-corrected chi connectivity index (χ2v) is 3.61. The number of halogens is 2. The highest BCUT2D eigenvalue weighted by Crippen LogP contribution is 2.18. The molecule has 0 radical (unpaired) electrons. The van der Waals surface area contributed by atoms with E-state index in [4.69, 9.17) is 28.9 Å². The van der Waals surface area contributed by atoms with Gasteiger partial charge in [-0.3, -0.25) is 4.98 Å². The fourth-order valence-electron chi connectivity index (χ4n) is 0.898. The molecule has 0 aromatic carbocycles. The first-order chi connectivity index (χ1) is 5.59. The van der Waals surface area contributed by atoms with Gasteiger partial charge in [-0.15, -0.1) is 0 Å². The molecule has 1 unspecified atom stereocenters. The number of hydrogen-bond acceptors (Lipinski definition) is 2. The standard InChI is InChI=1S/C8H10Cl2N2/c1-5(11)2-8-7(10)3-6(9)4-12-8/h3-5H,2,11H2,1H3. The first-order valence-electron chi connectivity index (χ1n) is 3.65. The normalized spacial score (nSPS) is 13.0. The SMILES string of the molecule is CC(N)Cc1ncc(Cl)cc1Cl. The minimum atomic E-state index is 0.0659. The van der Waals surface area contributed by atoms with Gasteiger partial charge >= 0.3 is 0 Å². The monoisotopic (exact) mass is 204 g/mol. The molecule has 0 fully saturated rings. The van der Waals surface area contributed by atoms with Crippen LogP contribution in [0.5, 0.6) is 0 Å². The number of aromatic nitrogens is 1. The highest BCUT2D eigenvalue weighted by atomic mass is 35.5. The topological polar surface area (TPSA) is 38.9 Å². The van der Waals surface area contributed by atoms with Gasteiger partial charge in [0, 0.05) is 18.7 Å². The molecule has 0 saturated heterocycles. The van der Waals surface area contributed by atoms with Crippen LogP contribution in [0.25, 0.3) is 0 Å². The third kappa shape index (κ3) is 2.63. The van der Waals surface area contributed by atoms with E-state index in [0.717, 1.165) is 5.69 Å². The van der Waals surface area contributed by atoms with Crippen LogP contribution in [-0.4, -0.2) is 11.0 Å². The largest absolute Gasteiger partial charge is 0.328 e. The molecule has 1 rings (SSSR count). The number of rotatable bonds is 2. The molecule has 1 aromatic rings. The van der Waals surface area contributed by atoms with Crippen LogP contribution < -0.4 is 5.73 Å². The Hall–Kier alpha value is -0.310. The Bertz CT molecular complexity index is 274. The van der Waals surface area contributed by atoms with Crippen LogP contribution in [0.4, 0.5) is 0 Å². The number of nitrogens with two attached hydrogens (primary N) is 1. The van der Waals surface area contributed by atoms with Crippen molar-refractivity contribution in [1.29, 1.82) is 0 Å². The van der Waals surface area contributed by atoms with Crippen molar-refractivity contribution in [2.75, 3.05) is 0 Å². The predicted octanol–water partition coefficient (Wildman–Crippen LogP) is 2.28. The van der Waals surface area contributed by atoms with E-state index in [-0.39, 0.29) is 6.04 Å². The van der Waals surface area contributed by atoms with Gasteiger partial charge in [-0.25, -0.2) is 0 Å². The van der Waals surface area contributed by atoms with Crippen molar-refractivity contribution in [2.24, 2.45) is 5.73 Å². The van der Waals surface area contributed by atoms with Gasteiger partial charge < -0.3 is 5.73 Å². The van der Waals surface area contributed by atoms with Crippen LogP contribution in [0.1, 0.15) is 12.6 Å². The zero-order valence-electron chi connectivity index (χ0n) is 6.72. The molecule has 0 aliphatic carbocycles. The summed E-state index contributed by atoms with van der Waals surface area (Å²) in [5.41, 5.74) is 6.40. The van der Waals surface area contributed by atoms with E-state index >= 15 is 0 Å². The lowest BCUT2D eigenvalue weighted by Crippen LogP contribution is -2.18. The molecule has 66 valence electrons. The first kappa shape index (κ1) is 9.78. The second-order valence-electron chi connectivity index (χ2n) is 2.76. The summed E-state index contributed by atoms with van der Waals surface area (Å²) >= 11 is 11.5. The molecule has 1 aromatic heterocycles. The molecule has 4 heteroatoms. The van der Waals surface area contributed by atoms with Crippen molar-refractivity contribution in [3.63, 3.8) is 0 Å². The number of nitrogens with zero attached hydrogens (tertiary/aromatic N) is 1. The maximum atomic E-state index is 5.87. The van der Waals surface area contributed by atoms with Crippen molar-refractivity contribution in [3.8, 4) is 0 Å². The maximum absolute atomic E-state index is 5.87. The Morgan fingerprint density at radius 2 is 2.25 bits per heavy atom. The van der Waals surface area contributed by atoms with Gasteiger partial charge in [0.05, 0.1) is 15.7 Å². The van der Waals surface area contributed by atoms with Gasteiger partial charge in [0.15, 0.2) is 0 Å². The average Bonchev–Trinajstić information content (AvgIpc) is 1.94. The van der Waals surface area contributed by atoms with Crippen LogP contribution in [0.3, 0.4) is 0 Å². The van der Waals surface area contributed by atoms with Crippen LogP contribution in [0, 0.1) is 0 Å². The molecule has 12 heavy (non-hydrogen) atoms. The molecule has 0 aliphatic rings. The van der Waals surface area contributed by atoms with Crippen LogP contribution >= 0.6 is 23.2 Å². The van der Waals surface area contributed by atoms with E-state index in [0.29, 0.717) is 16.5 Å². The van der Waals surface area contributed by atoms with E-state index in [1.807, 2.05) is 6.92 Å². The molecule has 0 saturated carbocycles. The highest BCUT2D eigenvalue weighted by molar-refractivity contribution is 6.34. The third-order valence-corrected chi connectivity index (χ3v) is 1.93. The van der Waals surface area contributed by atoms with E-state index in [1.54, 1.807) is 12.3 Å². The zero-order valence-corrected chi connectivity index (χ0v) is 8.23. The zero-order chi connectivity index (χ0) is 9.14. The Morgan fingerprint density at radius 1 is 1.58 bits per heavy atom. The number of pyridine rings is 1. The Kier molecular flexibility index (Phi) is 3.32. The second kappa shape index (κ2) is 4.08. The quantitative estimate of drug-likeness (QED) is 0.804. The van der Waals surface area contributed by atoms with Crippen molar-refractivity contribution in [1.82, 2.24) is 4.98 Å². The van der Waals surface area contributed by atoms with E-state index in [2.05, 4.69) is 4.98 Å². The molecule has 0 aliphatic heterocycles. The minimum Gasteiger partial charge on any atom is -0.328 e. The van der Waals surface area contributed by atoms with E-state index < -0.39 is 0 Å². The number of hydrogen-bond donors (Lipinski definition) is 1. The summed E-state index contributed by atoms with van der Waals surface area (Å²) in [5.74, 6) is 0. The van der Waals surface area contributed by atoms with Gasteiger partial charge in [-0.05, 0) is 13.0 Å². The Labute approximate surface area is 81.7 Å². The average molecular weight is 205 g/mol. The molecule has 0 bridgehead atoms. The fraction of sp³-hybridized carbons (Fsp3) is 0.375. The van der Waals surface area contributed by atoms with Crippen molar-refractivity contribution < 1.29 is 0 Å². The Balaban J connectivity index is 2.86. The lowest BCUT2D eigenvalue weighted by Gasteiger charge is -2.05. The van der Waals surface area contributed by atoms with Crippen LogP contribution in [0.15, 0.2) is 12.3 Å². The van der Waals surface area contributed by atoms with Crippen LogP contribution in [-0.2, 0) is 6.42 Å². The summed E-state index contributed by atoms with van der Waals surface area (Å²) in [6.45, 7) is 1.91. The first-order valence-corrected chi connectivity index (χ1v) is 4.40. The van der Waals surface area contributed by atoms with Gasteiger partial charge in [0.1, 0.15) is 0 Å². The minimum absolute atomic E-state index is 0.0659. The highest BCUT2D eigenvalue weighted by Gasteiger charge is 2.04. The van der Waals surface area contributed by atoms with E-state index in [1.165, 1.54) is 0 Å². The molecule has 2 N–H and O–H groups in total. The summed E-state index contributed by atoms with van der Waals surface area (Å²) in [4.78, 5) is 4.07. The predicted molar refractivity (Wildman–Crippen MR) is 51.6 cm³/mol. The summed E-state index contributed by atoms with van der Waals surface area (Å²) in [5, 5.41) is 1.13. The summed E-state index contributed by atoms with van der Waals surface area (Å²) < 4.78 is 0.